The van der Waals surface area contributed by atoms with Gasteiger partial charge in [0.1, 0.15) is 11.6 Å². The lowest BCUT2D eigenvalue weighted by atomic mass is 9.97. The van der Waals surface area contributed by atoms with Gasteiger partial charge in [-0.25, -0.2) is 8.78 Å². The molecular formula is C15H16F2N2. The Kier molecular flexibility index (Phi) is 4.22. The second-order valence-electron chi connectivity index (χ2n) is 4.56. The van der Waals surface area contributed by atoms with Crippen molar-refractivity contribution in [3.05, 3.63) is 65.0 Å². The summed E-state index contributed by atoms with van der Waals surface area (Å²) >= 11 is 0. The number of hydrogen-bond acceptors (Lipinski definition) is 2. The first-order chi connectivity index (χ1) is 9.10. The molecule has 0 fully saturated rings. The average Bonchev–Trinajstić information content (AvgIpc) is 2.36. The molecular weight excluding hydrogens is 246 g/mol. The molecule has 1 aromatic carbocycles. The van der Waals surface area contributed by atoms with Gasteiger partial charge < -0.3 is 5.32 Å². The maximum Gasteiger partial charge on any atom is 0.126 e. The summed E-state index contributed by atoms with van der Waals surface area (Å²) in [6.45, 7) is 1.99. The topological polar surface area (TPSA) is 24.9 Å². The van der Waals surface area contributed by atoms with Crippen LogP contribution in [0.15, 0.2) is 36.7 Å². The summed E-state index contributed by atoms with van der Waals surface area (Å²) in [6.07, 6.45) is 4.03. The molecule has 19 heavy (non-hydrogen) atoms. The molecule has 0 saturated heterocycles. The van der Waals surface area contributed by atoms with E-state index in [1.165, 1.54) is 12.1 Å². The lowest BCUT2D eigenvalue weighted by Gasteiger charge is -2.18. The Labute approximate surface area is 111 Å². The summed E-state index contributed by atoms with van der Waals surface area (Å²) in [6, 6.07) is 5.51. The number of nitrogens with one attached hydrogen (secondary N) is 1. The highest BCUT2D eigenvalue weighted by Gasteiger charge is 2.13. The Bertz CT molecular complexity index is 550. The van der Waals surface area contributed by atoms with Gasteiger partial charge in [-0.2, -0.15) is 0 Å². The third-order valence-electron chi connectivity index (χ3n) is 3.17. The van der Waals surface area contributed by atoms with Crippen molar-refractivity contribution in [3.8, 4) is 0 Å². The van der Waals surface area contributed by atoms with Crippen molar-refractivity contribution in [2.45, 2.75) is 19.4 Å². The van der Waals surface area contributed by atoms with Crippen molar-refractivity contribution < 1.29 is 8.78 Å². The van der Waals surface area contributed by atoms with Gasteiger partial charge >= 0.3 is 0 Å². The number of benzene rings is 1. The van der Waals surface area contributed by atoms with Gasteiger partial charge in [-0.3, -0.25) is 4.98 Å². The van der Waals surface area contributed by atoms with Crippen molar-refractivity contribution in [2.24, 2.45) is 0 Å². The maximum atomic E-state index is 13.2. The molecule has 0 aliphatic carbocycles. The molecule has 0 bridgehead atoms. The highest BCUT2D eigenvalue weighted by atomic mass is 19.1. The molecule has 2 nitrogen and oxygen atoms in total. The first-order valence-electron chi connectivity index (χ1n) is 6.13. The van der Waals surface area contributed by atoms with Crippen LogP contribution in [0.1, 0.15) is 22.7 Å². The highest BCUT2D eigenvalue weighted by molar-refractivity contribution is 5.28. The van der Waals surface area contributed by atoms with Crippen molar-refractivity contribution in [1.82, 2.24) is 10.3 Å². The number of pyridine rings is 1. The van der Waals surface area contributed by atoms with E-state index in [4.69, 9.17) is 0 Å². The summed E-state index contributed by atoms with van der Waals surface area (Å²) in [5, 5.41) is 3.16. The van der Waals surface area contributed by atoms with Crippen molar-refractivity contribution in [1.29, 1.82) is 0 Å². The Balaban J connectivity index is 2.26. The van der Waals surface area contributed by atoms with Gasteiger partial charge in [0.05, 0.1) is 0 Å². The second kappa shape index (κ2) is 5.89. The van der Waals surface area contributed by atoms with E-state index in [9.17, 15) is 8.78 Å². The van der Waals surface area contributed by atoms with E-state index in [0.717, 1.165) is 17.2 Å². The quantitative estimate of drug-likeness (QED) is 0.915. The largest absolute Gasteiger partial charge is 0.313 e. The fourth-order valence-electron chi connectivity index (χ4n) is 2.17. The zero-order valence-electron chi connectivity index (χ0n) is 11.0. The summed E-state index contributed by atoms with van der Waals surface area (Å²) in [4.78, 5) is 4.10. The van der Waals surface area contributed by atoms with Crippen LogP contribution in [-0.4, -0.2) is 12.0 Å². The third kappa shape index (κ3) is 3.35. The number of rotatable bonds is 4. The van der Waals surface area contributed by atoms with Crippen molar-refractivity contribution in [2.75, 3.05) is 7.05 Å². The van der Waals surface area contributed by atoms with Gasteiger partial charge in [-0.15, -0.1) is 0 Å². The SMILES string of the molecule is CNC(Cc1cc(F)cc(F)c1)c1cnccc1C. The van der Waals surface area contributed by atoms with Gasteiger partial charge in [0.15, 0.2) is 0 Å². The molecule has 0 spiro atoms. The molecule has 1 atom stereocenters. The van der Waals surface area contributed by atoms with Crippen LogP contribution in [0, 0.1) is 18.6 Å². The van der Waals surface area contributed by atoms with Gasteiger partial charge in [0.2, 0.25) is 0 Å². The van der Waals surface area contributed by atoms with Crippen LogP contribution in [0.3, 0.4) is 0 Å². The fourth-order valence-corrected chi connectivity index (χ4v) is 2.17. The van der Waals surface area contributed by atoms with E-state index in [0.29, 0.717) is 12.0 Å². The maximum absolute atomic E-state index is 13.2. The van der Waals surface area contributed by atoms with E-state index in [2.05, 4.69) is 10.3 Å². The highest BCUT2D eigenvalue weighted by Crippen LogP contribution is 2.21. The lowest BCUT2D eigenvalue weighted by Crippen LogP contribution is -2.20. The normalized spacial score (nSPS) is 12.4. The van der Waals surface area contributed by atoms with Crippen LogP contribution in [0.4, 0.5) is 8.78 Å². The van der Waals surface area contributed by atoms with Gasteiger partial charge in [0, 0.05) is 24.5 Å². The molecule has 2 aromatic rings. The standard InChI is InChI=1S/C15H16F2N2/c1-10-3-4-19-9-14(10)15(18-2)7-11-5-12(16)8-13(17)6-11/h3-6,8-9,15,18H,7H2,1-2H3. The minimum absolute atomic E-state index is 0.0186. The number of nitrogens with zero attached hydrogens (tertiary/aromatic N) is 1. The lowest BCUT2D eigenvalue weighted by molar-refractivity contribution is 0.560. The van der Waals surface area contributed by atoms with E-state index in [-0.39, 0.29) is 6.04 Å². The Morgan fingerprint density at radius 2 is 1.89 bits per heavy atom. The zero-order chi connectivity index (χ0) is 13.8. The average molecular weight is 262 g/mol. The minimum Gasteiger partial charge on any atom is -0.313 e. The monoisotopic (exact) mass is 262 g/mol. The van der Waals surface area contributed by atoms with Crippen LogP contribution in [0.25, 0.3) is 0 Å². The third-order valence-corrected chi connectivity index (χ3v) is 3.17. The molecule has 1 aromatic heterocycles. The number of hydrogen-bond donors (Lipinski definition) is 1. The molecule has 1 unspecified atom stereocenters. The molecule has 0 saturated carbocycles. The number of likely N-dealkylation sites (N-methyl/N-ethyl adjacent to an activating group) is 1. The Morgan fingerprint density at radius 3 is 2.47 bits per heavy atom. The molecule has 100 valence electrons. The molecule has 1 heterocycles. The van der Waals surface area contributed by atoms with Crippen LogP contribution in [0.5, 0.6) is 0 Å². The van der Waals surface area contributed by atoms with Gasteiger partial charge in [0.25, 0.3) is 0 Å². The van der Waals surface area contributed by atoms with Crippen LogP contribution < -0.4 is 5.32 Å². The summed E-state index contributed by atoms with van der Waals surface area (Å²) in [5.41, 5.74) is 2.76. The summed E-state index contributed by atoms with van der Waals surface area (Å²) in [5.74, 6) is -1.10. The molecule has 4 heteroatoms. The molecule has 0 aliphatic rings. The number of halogens is 2. The van der Waals surface area contributed by atoms with E-state index in [1.54, 1.807) is 12.4 Å². The predicted octanol–water partition coefficient (Wildman–Crippen LogP) is 3.17. The smallest absolute Gasteiger partial charge is 0.126 e. The van der Waals surface area contributed by atoms with Crippen LogP contribution >= 0.6 is 0 Å². The minimum atomic E-state index is -0.548. The first kappa shape index (κ1) is 13.6. The van der Waals surface area contributed by atoms with Crippen molar-refractivity contribution >= 4 is 0 Å². The summed E-state index contributed by atoms with van der Waals surface area (Å²) < 4.78 is 26.4. The predicted molar refractivity (Wildman–Crippen MR) is 70.8 cm³/mol. The zero-order valence-corrected chi connectivity index (χ0v) is 11.0. The molecule has 0 aliphatic heterocycles. The summed E-state index contributed by atoms with van der Waals surface area (Å²) in [7, 11) is 1.83. The number of aryl methyl sites for hydroxylation is 1. The van der Waals surface area contributed by atoms with Crippen LogP contribution in [0.2, 0.25) is 0 Å². The van der Waals surface area contributed by atoms with E-state index >= 15 is 0 Å². The van der Waals surface area contributed by atoms with E-state index in [1.807, 2.05) is 20.0 Å². The Morgan fingerprint density at radius 1 is 1.21 bits per heavy atom. The van der Waals surface area contributed by atoms with E-state index < -0.39 is 11.6 Å². The number of aromatic nitrogens is 1. The van der Waals surface area contributed by atoms with Crippen molar-refractivity contribution in [3.63, 3.8) is 0 Å². The van der Waals surface area contributed by atoms with Gasteiger partial charge in [-0.1, -0.05) is 0 Å². The molecule has 0 amide bonds. The fraction of sp³-hybridized carbons (Fsp3) is 0.267. The second-order valence-corrected chi connectivity index (χ2v) is 4.56. The first-order valence-corrected chi connectivity index (χ1v) is 6.13. The molecule has 2 rings (SSSR count). The van der Waals surface area contributed by atoms with Gasteiger partial charge in [-0.05, 0) is 55.3 Å². The van der Waals surface area contributed by atoms with Crippen LogP contribution in [-0.2, 0) is 6.42 Å². The Hall–Kier alpha value is -1.81. The molecule has 1 N–H and O–H groups in total. The molecule has 0 radical (unpaired) electrons.